The number of rotatable bonds is 3. The second kappa shape index (κ2) is 6.14. The quantitative estimate of drug-likeness (QED) is 0.613. The summed E-state index contributed by atoms with van der Waals surface area (Å²) in [6, 6.07) is 0. The smallest absolute Gasteiger partial charge is 0.333 e. The number of fused-ring (bicyclic) bond motifs is 1. The standard InChI is InChI=1S/C20H32O4/c1-18(2)9-4-10-19(3)15(18)7-11-20(23,13-21)16(19)6-5-14-8-12-24-17(14)22/h5,15-16,21,23H,4,6-13H2,1-3H3/b14-5-/t15-,16+,19-,20-/m0/s1. The van der Waals surface area contributed by atoms with Crippen LogP contribution in [0.3, 0.4) is 0 Å². The van der Waals surface area contributed by atoms with Crippen LogP contribution in [0.25, 0.3) is 0 Å². The van der Waals surface area contributed by atoms with E-state index in [2.05, 4.69) is 20.8 Å². The molecule has 0 aromatic heterocycles. The first-order valence-corrected chi connectivity index (χ1v) is 9.42. The molecular formula is C20H32O4. The maximum absolute atomic E-state index is 11.7. The summed E-state index contributed by atoms with van der Waals surface area (Å²) in [5.41, 5.74) is -0.0485. The van der Waals surface area contributed by atoms with Gasteiger partial charge in [0, 0.05) is 12.0 Å². The van der Waals surface area contributed by atoms with Crippen LogP contribution in [0, 0.1) is 22.7 Å². The van der Waals surface area contributed by atoms with E-state index in [0.29, 0.717) is 31.8 Å². The molecule has 4 heteroatoms. The number of hydrogen-bond acceptors (Lipinski definition) is 4. The molecule has 0 radical (unpaired) electrons. The van der Waals surface area contributed by atoms with E-state index in [9.17, 15) is 15.0 Å². The molecule has 0 aromatic carbocycles. The van der Waals surface area contributed by atoms with Gasteiger partial charge in [0.05, 0.1) is 18.8 Å². The number of carbonyl (C=O) groups is 1. The van der Waals surface area contributed by atoms with Crippen molar-refractivity contribution >= 4 is 5.97 Å². The van der Waals surface area contributed by atoms with Crippen molar-refractivity contribution in [1.29, 1.82) is 0 Å². The van der Waals surface area contributed by atoms with Crippen molar-refractivity contribution in [2.24, 2.45) is 22.7 Å². The molecule has 2 N–H and O–H groups in total. The first-order chi connectivity index (χ1) is 11.2. The van der Waals surface area contributed by atoms with Gasteiger partial charge in [-0.15, -0.1) is 0 Å². The Labute approximate surface area is 145 Å². The van der Waals surface area contributed by atoms with E-state index >= 15 is 0 Å². The van der Waals surface area contributed by atoms with Gasteiger partial charge in [-0.05, 0) is 54.8 Å². The monoisotopic (exact) mass is 336 g/mol. The van der Waals surface area contributed by atoms with E-state index in [1.165, 1.54) is 6.42 Å². The maximum Gasteiger partial charge on any atom is 0.333 e. The normalized spacial score (nSPS) is 43.5. The van der Waals surface area contributed by atoms with E-state index in [4.69, 9.17) is 4.74 Å². The molecule has 0 bridgehead atoms. The highest BCUT2D eigenvalue weighted by Crippen LogP contribution is 2.62. The molecule has 4 atom stereocenters. The zero-order valence-electron chi connectivity index (χ0n) is 15.3. The Kier molecular flexibility index (Phi) is 4.59. The number of hydrogen-bond donors (Lipinski definition) is 2. The zero-order chi connectivity index (χ0) is 17.6. The van der Waals surface area contributed by atoms with Crippen LogP contribution in [0.2, 0.25) is 0 Å². The van der Waals surface area contributed by atoms with Gasteiger partial charge in [-0.1, -0.05) is 33.3 Å². The minimum Gasteiger partial charge on any atom is -0.462 e. The summed E-state index contributed by atoms with van der Waals surface area (Å²) in [4.78, 5) is 11.7. The van der Waals surface area contributed by atoms with Crippen LogP contribution in [-0.2, 0) is 9.53 Å². The second-order valence-corrected chi connectivity index (χ2v) is 9.10. The van der Waals surface area contributed by atoms with Gasteiger partial charge in [0.15, 0.2) is 0 Å². The molecule has 2 aliphatic carbocycles. The Morgan fingerprint density at radius 3 is 2.62 bits per heavy atom. The summed E-state index contributed by atoms with van der Waals surface area (Å²) in [7, 11) is 0. The highest BCUT2D eigenvalue weighted by molar-refractivity contribution is 5.90. The predicted molar refractivity (Wildman–Crippen MR) is 92.3 cm³/mol. The Morgan fingerprint density at radius 1 is 1.25 bits per heavy atom. The summed E-state index contributed by atoms with van der Waals surface area (Å²) >= 11 is 0. The fourth-order valence-electron chi connectivity index (χ4n) is 6.06. The lowest BCUT2D eigenvalue weighted by atomic mass is 9.45. The Hall–Kier alpha value is -0.870. The predicted octanol–water partition coefficient (Wildman–Crippen LogP) is 3.22. The van der Waals surface area contributed by atoms with Crippen LogP contribution in [0.15, 0.2) is 11.6 Å². The molecule has 1 heterocycles. The van der Waals surface area contributed by atoms with Gasteiger partial charge in [-0.25, -0.2) is 4.79 Å². The van der Waals surface area contributed by atoms with Crippen LogP contribution < -0.4 is 0 Å². The van der Waals surface area contributed by atoms with E-state index in [1.807, 2.05) is 6.08 Å². The number of aliphatic hydroxyl groups is 2. The van der Waals surface area contributed by atoms with Gasteiger partial charge in [0.2, 0.25) is 0 Å². The van der Waals surface area contributed by atoms with Gasteiger partial charge in [0.1, 0.15) is 0 Å². The fraction of sp³-hybridized carbons (Fsp3) is 0.850. The van der Waals surface area contributed by atoms with Crippen LogP contribution in [0.1, 0.15) is 65.7 Å². The third-order valence-corrected chi connectivity index (χ3v) is 7.33. The molecule has 3 fully saturated rings. The average molecular weight is 336 g/mol. The fourth-order valence-corrected chi connectivity index (χ4v) is 6.06. The van der Waals surface area contributed by atoms with E-state index in [0.717, 1.165) is 24.8 Å². The molecule has 0 amide bonds. The summed E-state index contributed by atoms with van der Waals surface area (Å²) in [6.07, 6.45) is 8.36. The van der Waals surface area contributed by atoms with Crippen molar-refractivity contribution in [2.75, 3.05) is 13.2 Å². The second-order valence-electron chi connectivity index (χ2n) is 9.10. The van der Waals surface area contributed by atoms with Gasteiger partial charge in [-0.3, -0.25) is 0 Å². The SMILES string of the molecule is CC1(C)CCC[C@@]2(C)[C@H]1CC[C@](O)(CO)[C@@H]2C/C=C1/CCOC1=O. The number of allylic oxidation sites excluding steroid dienone is 1. The number of cyclic esters (lactones) is 1. The summed E-state index contributed by atoms with van der Waals surface area (Å²) < 4.78 is 5.03. The largest absolute Gasteiger partial charge is 0.462 e. The van der Waals surface area contributed by atoms with Crippen molar-refractivity contribution in [3.63, 3.8) is 0 Å². The number of aliphatic hydroxyl groups excluding tert-OH is 1. The Morgan fingerprint density at radius 2 is 2.00 bits per heavy atom. The van der Waals surface area contributed by atoms with Crippen LogP contribution in [-0.4, -0.2) is 35.0 Å². The summed E-state index contributed by atoms with van der Waals surface area (Å²) in [5.74, 6) is 0.308. The van der Waals surface area contributed by atoms with Gasteiger partial charge < -0.3 is 14.9 Å². The van der Waals surface area contributed by atoms with Crippen molar-refractivity contribution in [3.05, 3.63) is 11.6 Å². The molecule has 0 unspecified atom stereocenters. The first-order valence-electron chi connectivity index (χ1n) is 9.42. The molecule has 3 aliphatic rings. The average Bonchev–Trinajstić information content (AvgIpc) is 2.91. The van der Waals surface area contributed by atoms with Gasteiger partial charge in [0.25, 0.3) is 0 Å². The van der Waals surface area contributed by atoms with E-state index < -0.39 is 5.60 Å². The first kappa shape index (κ1) is 17.9. The van der Waals surface area contributed by atoms with Crippen LogP contribution in [0.4, 0.5) is 0 Å². The third-order valence-electron chi connectivity index (χ3n) is 7.33. The van der Waals surface area contributed by atoms with Crippen LogP contribution in [0.5, 0.6) is 0 Å². The minimum absolute atomic E-state index is 0.00293. The van der Waals surface area contributed by atoms with Crippen molar-refractivity contribution < 1.29 is 19.7 Å². The molecule has 1 aliphatic heterocycles. The maximum atomic E-state index is 11.7. The van der Waals surface area contributed by atoms with E-state index in [1.54, 1.807) is 0 Å². The highest BCUT2D eigenvalue weighted by Gasteiger charge is 2.58. The van der Waals surface area contributed by atoms with Crippen molar-refractivity contribution in [2.45, 2.75) is 71.3 Å². The Balaban J connectivity index is 1.92. The minimum atomic E-state index is -1.04. The molecule has 0 aromatic rings. The molecule has 4 nitrogen and oxygen atoms in total. The highest BCUT2D eigenvalue weighted by atomic mass is 16.5. The number of carbonyl (C=O) groups excluding carboxylic acids is 1. The van der Waals surface area contributed by atoms with Crippen molar-refractivity contribution in [1.82, 2.24) is 0 Å². The number of ether oxygens (including phenoxy) is 1. The Bertz CT molecular complexity index is 538. The lowest BCUT2D eigenvalue weighted by molar-refractivity contribution is -0.187. The zero-order valence-corrected chi connectivity index (χ0v) is 15.3. The van der Waals surface area contributed by atoms with Crippen molar-refractivity contribution in [3.8, 4) is 0 Å². The lowest BCUT2D eigenvalue weighted by Crippen LogP contribution is -2.59. The van der Waals surface area contributed by atoms with Gasteiger partial charge in [-0.2, -0.15) is 0 Å². The molecule has 0 spiro atoms. The molecule has 3 rings (SSSR count). The summed E-state index contributed by atoms with van der Waals surface area (Å²) in [6.45, 7) is 7.26. The molecule has 136 valence electrons. The van der Waals surface area contributed by atoms with E-state index in [-0.39, 0.29) is 29.3 Å². The van der Waals surface area contributed by atoms with Crippen LogP contribution >= 0.6 is 0 Å². The molecular weight excluding hydrogens is 304 g/mol. The molecule has 1 saturated heterocycles. The lowest BCUT2D eigenvalue weighted by Gasteiger charge is -2.61. The molecule has 2 saturated carbocycles. The van der Waals surface area contributed by atoms with Gasteiger partial charge >= 0.3 is 5.97 Å². The molecule has 24 heavy (non-hydrogen) atoms. The topological polar surface area (TPSA) is 66.8 Å². The third kappa shape index (κ3) is 2.82. The summed E-state index contributed by atoms with van der Waals surface area (Å²) in [5, 5.41) is 21.1. The number of esters is 1.